The van der Waals surface area contributed by atoms with Gasteiger partial charge < -0.3 is 9.64 Å². The smallest absolute Gasteiger partial charge is 0.329 e. The molecule has 6 rings (SSSR count). The number of fused-ring (bicyclic) bond motifs is 1. The van der Waals surface area contributed by atoms with Gasteiger partial charge in [0.15, 0.2) is 6.29 Å². The van der Waals surface area contributed by atoms with E-state index in [-0.39, 0.29) is 36.5 Å². The topological polar surface area (TPSA) is 97.8 Å². The van der Waals surface area contributed by atoms with Crippen LogP contribution < -0.4 is 0 Å². The van der Waals surface area contributed by atoms with Crippen LogP contribution in [0.5, 0.6) is 0 Å². The Hall–Kier alpha value is -5.95. The molecule has 5 aromatic carbocycles. The second kappa shape index (κ2) is 17.3. The zero-order valence-corrected chi connectivity index (χ0v) is 29.0. The Balaban J connectivity index is 1.17. The molecule has 1 unspecified atom stereocenters. The van der Waals surface area contributed by atoms with Gasteiger partial charge in [0.05, 0.1) is 0 Å². The van der Waals surface area contributed by atoms with Crippen molar-refractivity contribution < 1.29 is 28.7 Å². The highest BCUT2D eigenvalue weighted by molar-refractivity contribution is 6.43. The van der Waals surface area contributed by atoms with Crippen LogP contribution in [0.25, 0.3) is 11.1 Å². The van der Waals surface area contributed by atoms with E-state index >= 15 is 0 Å². The van der Waals surface area contributed by atoms with Crippen molar-refractivity contribution in [3.05, 3.63) is 167 Å². The molecule has 1 amide bonds. The molecule has 52 heavy (non-hydrogen) atoms. The molecule has 1 aliphatic heterocycles. The average molecular weight is 692 g/mol. The van der Waals surface area contributed by atoms with E-state index in [2.05, 4.69) is 24.3 Å². The zero-order valence-electron chi connectivity index (χ0n) is 29.0. The number of rotatable bonds is 15. The standard InChI is InChI=1S/C45H41NO6/c47-31-42(48)36-25-21-34(22-26-36)35-23-27-37(28-24-35)43(49)44(50)46-30-39-18-8-7-17-38(39)29-41(46)45(51)52-40(19-9-15-32-11-3-1-4-12-32)20-10-16-33-13-5-2-6-14-33/h1-8,11-14,17-18,21-28,31,40-41H,9-10,15-16,19-20,29-30H2. The van der Waals surface area contributed by atoms with Crippen LogP contribution >= 0.6 is 0 Å². The molecule has 0 aromatic heterocycles. The molecule has 7 nitrogen and oxygen atoms in total. The third-order valence-corrected chi connectivity index (χ3v) is 9.68. The first-order chi connectivity index (χ1) is 25.4. The van der Waals surface area contributed by atoms with Crippen LogP contribution in [0.15, 0.2) is 133 Å². The Morgan fingerprint density at radius 1 is 0.635 bits per heavy atom. The summed E-state index contributed by atoms with van der Waals surface area (Å²) >= 11 is 0. The highest BCUT2D eigenvalue weighted by atomic mass is 16.5. The number of esters is 1. The van der Waals surface area contributed by atoms with Crippen LogP contribution in [0.2, 0.25) is 0 Å². The van der Waals surface area contributed by atoms with E-state index in [0.29, 0.717) is 12.8 Å². The van der Waals surface area contributed by atoms with Gasteiger partial charge in [-0.05, 0) is 71.9 Å². The first-order valence-electron chi connectivity index (χ1n) is 17.8. The maximum absolute atomic E-state index is 14.1. The van der Waals surface area contributed by atoms with E-state index in [1.165, 1.54) is 16.0 Å². The number of nitrogens with zero attached hydrogens (tertiary/aromatic N) is 1. The van der Waals surface area contributed by atoms with Gasteiger partial charge in [0.25, 0.3) is 5.91 Å². The molecule has 0 saturated carbocycles. The first kappa shape index (κ1) is 35.9. The summed E-state index contributed by atoms with van der Waals surface area (Å²) in [6, 6.07) is 40.4. The van der Waals surface area contributed by atoms with Crippen molar-refractivity contribution in [3.63, 3.8) is 0 Å². The summed E-state index contributed by atoms with van der Waals surface area (Å²) in [6.45, 7) is 0.122. The summed E-state index contributed by atoms with van der Waals surface area (Å²) < 4.78 is 6.26. The number of carbonyl (C=O) groups is 5. The molecule has 5 aromatic rings. The number of amides is 1. The van der Waals surface area contributed by atoms with Crippen LogP contribution in [0.4, 0.5) is 0 Å². The SMILES string of the molecule is O=CC(=O)c1ccc(-c2ccc(C(=O)C(=O)N3Cc4ccccc4CC3C(=O)OC(CCCc3ccccc3)CCCc3ccccc3)cc2)cc1. The van der Waals surface area contributed by atoms with Gasteiger partial charge in [0.1, 0.15) is 12.1 Å². The number of aryl methyl sites for hydroxylation is 2. The van der Waals surface area contributed by atoms with Crippen LogP contribution in [0, 0.1) is 0 Å². The molecule has 0 N–H and O–H groups in total. The molecule has 0 bridgehead atoms. The number of hydrogen-bond donors (Lipinski definition) is 0. The Labute approximate surface area is 304 Å². The number of benzene rings is 5. The van der Waals surface area contributed by atoms with Crippen LogP contribution in [0.3, 0.4) is 0 Å². The van der Waals surface area contributed by atoms with Gasteiger partial charge in [-0.1, -0.05) is 133 Å². The van der Waals surface area contributed by atoms with E-state index < -0.39 is 29.5 Å². The fourth-order valence-electron chi connectivity index (χ4n) is 6.77. The average Bonchev–Trinajstić information content (AvgIpc) is 3.20. The molecule has 0 spiro atoms. The second-order valence-electron chi connectivity index (χ2n) is 13.2. The minimum atomic E-state index is -0.941. The van der Waals surface area contributed by atoms with E-state index in [1.807, 2.05) is 60.7 Å². The molecule has 1 atom stereocenters. The third kappa shape index (κ3) is 9.04. The van der Waals surface area contributed by atoms with Gasteiger partial charge in [0, 0.05) is 24.1 Å². The molecule has 0 aliphatic carbocycles. The number of hydrogen-bond acceptors (Lipinski definition) is 6. The zero-order chi connectivity index (χ0) is 36.3. The fraction of sp³-hybridized carbons (Fsp3) is 0.222. The molecule has 7 heteroatoms. The van der Waals surface area contributed by atoms with Crippen molar-refractivity contribution in [2.24, 2.45) is 0 Å². The first-order valence-corrected chi connectivity index (χ1v) is 17.8. The predicted molar refractivity (Wildman–Crippen MR) is 200 cm³/mol. The number of ketones is 2. The molecular weight excluding hydrogens is 650 g/mol. The van der Waals surface area contributed by atoms with Crippen molar-refractivity contribution in [3.8, 4) is 11.1 Å². The van der Waals surface area contributed by atoms with Crippen LogP contribution in [0.1, 0.15) is 68.7 Å². The number of aldehydes is 1. The molecule has 1 heterocycles. The molecular formula is C45H41NO6. The van der Waals surface area contributed by atoms with Gasteiger partial charge >= 0.3 is 5.97 Å². The molecule has 0 fully saturated rings. The van der Waals surface area contributed by atoms with Gasteiger partial charge in [-0.25, -0.2) is 4.79 Å². The highest BCUT2D eigenvalue weighted by Gasteiger charge is 2.39. The fourth-order valence-corrected chi connectivity index (χ4v) is 6.77. The van der Waals surface area contributed by atoms with Gasteiger partial charge in [-0.3, -0.25) is 19.2 Å². The van der Waals surface area contributed by atoms with E-state index in [9.17, 15) is 24.0 Å². The minimum absolute atomic E-state index is 0.122. The summed E-state index contributed by atoms with van der Waals surface area (Å²) in [6.07, 6.45) is 5.01. The molecule has 262 valence electrons. The summed E-state index contributed by atoms with van der Waals surface area (Å²) in [5.41, 5.74) is 6.35. The summed E-state index contributed by atoms with van der Waals surface area (Å²) in [5.74, 6) is -2.56. The monoisotopic (exact) mass is 691 g/mol. The minimum Gasteiger partial charge on any atom is -0.461 e. The van der Waals surface area contributed by atoms with Crippen molar-refractivity contribution in [2.75, 3.05) is 0 Å². The summed E-state index contributed by atoms with van der Waals surface area (Å²) in [4.78, 5) is 65.6. The van der Waals surface area contributed by atoms with Crippen LogP contribution in [-0.2, 0) is 44.9 Å². The summed E-state index contributed by atoms with van der Waals surface area (Å²) in [5, 5.41) is 0. The molecule has 1 aliphatic rings. The van der Waals surface area contributed by atoms with E-state index in [0.717, 1.165) is 47.9 Å². The number of ether oxygens (including phenoxy) is 1. The largest absolute Gasteiger partial charge is 0.461 e. The maximum Gasteiger partial charge on any atom is 0.329 e. The molecule has 0 radical (unpaired) electrons. The normalized spacial score (nSPS) is 13.6. The lowest BCUT2D eigenvalue weighted by molar-refractivity contribution is -0.160. The summed E-state index contributed by atoms with van der Waals surface area (Å²) in [7, 11) is 0. The third-order valence-electron chi connectivity index (χ3n) is 9.68. The Morgan fingerprint density at radius 2 is 1.13 bits per heavy atom. The lowest BCUT2D eigenvalue weighted by atomic mass is 9.93. The second-order valence-corrected chi connectivity index (χ2v) is 13.2. The van der Waals surface area contributed by atoms with Gasteiger partial charge in [-0.15, -0.1) is 0 Å². The van der Waals surface area contributed by atoms with Crippen molar-refractivity contribution in [1.82, 2.24) is 4.90 Å². The quantitative estimate of drug-likeness (QED) is 0.0481. The van der Waals surface area contributed by atoms with Crippen molar-refractivity contribution in [2.45, 2.75) is 63.6 Å². The van der Waals surface area contributed by atoms with Gasteiger partial charge in [0.2, 0.25) is 11.6 Å². The predicted octanol–water partition coefficient (Wildman–Crippen LogP) is 7.83. The lowest BCUT2D eigenvalue weighted by Gasteiger charge is -2.36. The Morgan fingerprint density at radius 3 is 1.67 bits per heavy atom. The van der Waals surface area contributed by atoms with E-state index in [4.69, 9.17) is 4.74 Å². The number of Topliss-reactive ketones (excluding diaryl/α,β-unsaturated/α-hetero) is 2. The van der Waals surface area contributed by atoms with Gasteiger partial charge in [-0.2, -0.15) is 0 Å². The van der Waals surface area contributed by atoms with Crippen molar-refractivity contribution in [1.29, 1.82) is 0 Å². The highest BCUT2D eigenvalue weighted by Crippen LogP contribution is 2.27. The van der Waals surface area contributed by atoms with Crippen LogP contribution in [-0.4, -0.2) is 46.8 Å². The molecule has 0 saturated heterocycles. The number of carbonyl (C=O) groups excluding carboxylic acids is 5. The van der Waals surface area contributed by atoms with E-state index in [1.54, 1.807) is 48.5 Å². The Bertz CT molecular complexity index is 1960. The Kier molecular flexibility index (Phi) is 11.9. The maximum atomic E-state index is 14.1. The van der Waals surface area contributed by atoms with Crippen molar-refractivity contribution >= 4 is 29.7 Å². The lowest BCUT2D eigenvalue weighted by Crippen LogP contribution is -2.52.